The average Bonchev–Trinajstić information content (AvgIpc) is 3.02. The third-order valence-electron chi connectivity index (χ3n) is 3.77. The minimum Gasteiger partial charge on any atom is -0.325 e. The Kier molecular flexibility index (Phi) is 2.91. The van der Waals surface area contributed by atoms with E-state index in [1.54, 1.807) is 0 Å². The minimum atomic E-state index is 0.0524. The van der Waals surface area contributed by atoms with E-state index in [4.69, 9.17) is 5.73 Å². The summed E-state index contributed by atoms with van der Waals surface area (Å²) in [7, 11) is 3.94. The highest BCUT2D eigenvalue weighted by atomic mass is 15.5. The van der Waals surface area contributed by atoms with E-state index in [0.717, 1.165) is 12.8 Å². The standard InChI is InChI=1S/C13H21N3/c1-4-13(14)9-12(13)10-6-5-7-11(8-10)16(3)15-2/h5-8,12,15H,4,9,14H2,1-3H3. The number of benzene rings is 1. The fourth-order valence-corrected chi connectivity index (χ4v) is 2.24. The summed E-state index contributed by atoms with van der Waals surface area (Å²) in [6, 6.07) is 8.62. The second-order valence-electron chi connectivity index (χ2n) is 4.72. The molecule has 3 nitrogen and oxygen atoms in total. The van der Waals surface area contributed by atoms with Crippen LogP contribution in [0.5, 0.6) is 0 Å². The molecule has 2 atom stereocenters. The van der Waals surface area contributed by atoms with Gasteiger partial charge in [0.25, 0.3) is 0 Å². The van der Waals surface area contributed by atoms with E-state index in [1.807, 2.05) is 19.1 Å². The van der Waals surface area contributed by atoms with Gasteiger partial charge in [0, 0.05) is 25.6 Å². The van der Waals surface area contributed by atoms with E-state index in [1.165, 1.54) is 11.3 Å². The first-order valence-electron chi connectivity index (χ1n) is 5.90. The summed E-state index contributed by atoms with van der Waals surface area (Å²) in [4.78, 5) is 0. The molecule has 1 aliphatic rings. The zero-order valence-electron chi connectivity index (χ0n) is 10.3. The summed E-state index contributed by atoms with van der Waals surface area (Å²) in [5.41, 5.74) is 12.0. The largest absolute Gasteiger partial charge is 0.325 e. The highest BCUT2D eigenvalue weighted by Crippen LogP contribution is 2.51. The van der Waals surface area contributed by atoms with Crippen LogP contribution in [0.4, 0.5) is 5.69 Å². The highest BCUT2D eigenvalue weighted by Gasteiger charge is 2.49. The van der Waals surface area contributed by atoms with Crippen LogP contribution < -0.4 is 16.2 Å². The lowest BCUT2D eigenvalue weighted by atomic mass is 10.0. The molecule has 88 valence electrons. The first-order valence-corrected chi connectivity index (χ1v) is 5.90. The predicted octanol–water partition coefficient (Wildman–Crippen LogP) is 1.85. The van der Waals surface area contributed by atoms with Crippen molar-refractivity contribution >= 4 is 5.69 Å². The third kappa shape index (κ3) is 1.93. The Morgan fingerprint density at radius 1 is 1.56 bits per heavy atom. The van der Waals surface area contributed by atoms with Gasteiger partial charge in [-0.15, -0.1) is 0 Å². The number of nitrogens with zero attached hydrogens (tertiary/aromatic N) is 1. The molecule has 0 amide bonds. The molecule has 0 saturated heterocycles. The van der Waals surface area contributed by atoms with Crippen molar-refractivity contribution in [3.63, 3.8) is 0 Å². The van der Waals surface area contributed by atoms with Crippen LogP contribution in [-0.2, 0) is 0 Å². The molecular weight excluding hydrogens is 198 g/mol. The van der Waals surface area contributed by atoms with E-state index in [9.17, 15) is 0 Å². The molecule has 16 heavy (non-hydrogen) atoms. The van der Waals surface area contributed by atoms with Gasteiger partial charge in [-0.2, -0.15) is 0 Å². The van der Waals surface area contributed by atoms with Gasteiger partial charge in [-0.1, -0.05) is 19.1 Å². The molecule has 2 rings (SSSR count). The van der Waals surface area contributed by atoms with Gasteiger partial charge in [0.15, 0.2) is 0 Å². The SMILES string of the molecule is CCC1(N)CC1c1cccc(N(C)NC)c1. The molecule has 1 saturated carbocycles. The van der Waals surface area contributed by atoms with Gasteiger partial charge in [-0.25, -0.2) is 5.43 Å². The summed E-state index contributed by atoms with van der Waals surface area (Å²) in [6.45, 7) is 2.17. The Balaban J connectivity index is 2.18. The molecule has 1 aromatic rings. The third-order valence-corrected chi connectivity index (χ3v) is 3.77. The van der Waals surface area contributed by atoms with Crippen molar-refractivity contribution in [1.29, 1.82) is 0 Å². The van der Waals surface area contributed by atoms with Crippen LogP contribution in [-0.4, -0.2) is 19.6 Å². The maximum Gasteiger partial charge on any atom is 0.0519 e. The van der Waals surface area contributed by atoms with Crippen molar-refractivity contribution in [2.75, 3.05) is 19.1 Å². The van der Waals surface area contributed by atoms with Gasteiger partial charge in [0.1, 0.15) is 0 Å². The summed E-state index contributed by atoms with van der Waals surface area (Å²) in [5, 5.41) is 2.01. The first-order chi connectivity index (χ1) is 7.60. The van der Waals surface area contributed by atoms with Crippen LogP contribution in [0.25, 0.3) is 0 Å². The molecule has 0 heterocycles. The number of hydrogen-bond donors (Lipinski definition) is 2. The molecule has 0 aliphatic heterocycles. The smallest absolute Gasteiger partial charge is 0.0519 e. The summed E-state index contributed by atoms with van der Waals surface area (Å²) >= 11 is 0. The lowest BCUT2D eigenvalue weighted by Gasteiger charge is -2.18. The number of anilines is 1. The Labute approximate surface area is 97.6 Å². The molecule has 2 unspecified atom stereocenters. The van der Waals surface area contributed by atoms with E-state index < -0.39 is 0 Å². The van der Waals surface area contributed by atoms with E-state index in [-0.39, 0.29) is 5.54 Å². The van der Waals surface area contributed by atoms with E-state index in [2.05, 4.69) is 36.6 Å². The van der Waals surface area contributed by atoms with Gasteiger partial charge in [-0.05, 0) is 30.5 Å². The number of nitrogens with two attached hydrogens (primary N) is 1. The van der Waals surface area contributed by atoms with Gasteiger partial charge >= 0.3 is 0 Å². The molecule has 0 aromatic heterocycles. The van der Waals surface area contributed by atoms with Crippen LogP contribution in [0, 0.1) is 0 Å². The average molecular weight is 219 g/mol. The van der Waals surface area contributed by atoms with E-state index >= 15 is 0 Å². The van der Waals surface area contributed by atoms with Crippen molar-refractivity contribution in [3.8, 4) is 0 Å². The summed E-state index contributed by atoms with van der Waals surface area (Å²) in [5.74, 6) is 0.544. The van der Waals surface area contributed by atoms with Crippen LogP contribution >= 0.6 is 0 Å². The molecule has 0 radical (unpaired) electrons. The molecule has 3 N–H and O–H groups in total. The van der Waals surface area contributed by atoms with Gasteiger partial charge < -0.3 is 10.7 Å². The molecule has 1 aromatic carbocycles. The highest BCUT2D eigenvalue weighted by molar-refractivity contribution is 5.49. The van der Waals surface area contributed by atoms with Gasteiger partial charge in [-0.3, -0.25) is 0 Å². The second-order valence-corrected chi connectivity index (χ2v) is 4.72. The maximum absolute atomic E-state index is 6.25. The van der Waals surface area contributed by atoms with E-state index in [0.29, 0.717) is 5.92 Å². The molecule has 0 spiro atoms. The zero-order chi connectivity index (χ0) is 11.8. The van der Waals surface area contributed by atoms with Gasteiger partial charge in [0.05, 0.1) is 5.69 Å². The molecule has 1 aliphatic carbocycles. The Morgan fingerprint density at radius 2 is 2.31 bits per heavy atom. The lowest BCUT2D eigenvalue weighted by molar-refractivity contribution is 0.626. The van der Waals surface area contributed by atoms with Crippen molar-refractivity contribution in [2.45, 2.75) is 31.2 Å². The van der Waals surface area contributed by atoms with Gasteiger partial charge in [0.2, 0.25) is 0 Å². The quantitative estimate of drug-likeness (QED) is 0.759. The molecule has 3 heteroatoms. The molecule has 0 bridgehead atoms. The van der Waals surface area contributed by atoms with Crippen molar-refractivity contribution in [2.24, 2.45) is 5.73 Å². The minimum absolute atomic E-state index is 0.0524. The topological polar surface area (TPSA) is 41.3 Å². The lowest BCUT2D eigenvalue weighted by Crippen LogP contribution is -2.30. The molecule has 1 fully saturated rings. The predicted molar refractivity (Wildman–Crippen MR) is 68.5 cm³/mol. The Bertz CT molecular complexity index is 377. The van der Waals surface area contributed by atoms with Crippen LogP contribution in [0.2, 0.25) is 0 Å². The number of hydrogen-bond acceptors (Lipinski definition) is 3. The van der Waals surface area contributed by atoms with Crippen LogP contribution in [0.3, 0.4) is 0 Å². The normalized spacial score (nSPS) is 27.9. The summed E-state index contributed by atoms with van der Waals surface area (Å²) < 4.78 is 0. The monoisotopic (exact) mass is 219 g/mol. The Morgan fingerprint density at radius 3 is 2.88 bits per heavy atom. The zero-order valence-corrected chi connectivity index (χ0v) is 10.3. The second kappa shape index (κ2) is 4.07. The fraction of sp³-hybridized carbons (Fsp3) is 0.538. The number of hydrazine groups is 1. The molecular formula is C13H21N3. The van der Waals surface area contributed by atoms with Crippen molar-refractivity contribution < 1.29 is 0 Å². The van der Waals surface area contributed by atoms with Crippen molar-refractivity contribution in [3.05, 3.63) is 29.8 Å². The van der Waals surface area contributed by atoms with Crippen LogP contribution in [0.1, 0.15) is 31.2 Å². The number of rotatable bonds is 4. The van der Waals surface area contributed by atoms with Crippen molar-refractivity contribution in [1.82, 2.24) is 5.43 Å². The number of nitrogens with one attached hydrogen (secondary N) is 1. The Hall–Kier alpha value is -1.06. The fourth-order valence-electron chi connectivity index (χ4n) is 2.24. The maximum atomic E-state index is 6.25. The van der Waals surface area contributed by atoms with Crippen LogP contribution in [0.15, 0.2) is 24.3 Å². The first kappa shape index (κ1) is 11.4. The summed E-state index contributed by atoms with van der Waals surface area (Å²) in [6.07, 6.45) is 2.18.